The van der Waals surface area contributed by atoms with E-state index in [1.165, 1.54) is 16.9 Å². The monoisotopic (exact) mass is 248 g/mol. The third-order valence-corrected chi connectivity index (χ3v) is 3.59. The first-order chi connectivity index (χ1) is 7.72. The predicted molar refractivity (Wildman–Crippen MR) is 68.3 cm³/mol. The van der Waals surface area contributed by atoms with Crippen LogP contribution in [0.1, 0.15) is 5.56 Å². The van der Waals surface area contributed by atoms with Crippen LogP contribution in [-0.2, 0) is 0 Å². The Morgan fingerprint density at radius 1 is 1.19 bits per heavy atom. The number of benzene rings is 1. The highest BCUT2D eigenvalue weighted by Crippen LogP contribution is 2.26. The van der Waals surface area contributed by atoms with E-state index in [-0.39, 0.29) is 0 Å². The molecular weight excluding hydrogens is 240 g/mol. The highest BCUT2D eigenvalue weighted by Gasteiger charge is 2.06. The zero-order valence-corrected chi connectivity index (χ0v) is 10.2. The number of imidazole rings is 1. The summed E-state index contributed by atoms with van der Waals surface area (Å²) in [7, 11) is 0. The van der Waals surface area contributed by atoms with Gasteiger partial charge in [-0.15, -0.1) is 0 Å². The summed E-state index contributed by atoms with van der Waals surface area (Å²) in [6.45, 7) is 2.08. The average molecular weight is 249 g/mol. The Labute approximate surface area is 102 Å². The van der Waals surface area contributed by atoms with Crippen LogP contribution in [0, 0.1) is 6.92 Å². The molecule has 0 aliphatic rings. The van der Waals surface area contributed by atoms with Crippen molar-refractivity contribution in [3.63, 3.8) is 0 Å². The van der Waals surface area contributed by atoms with Crippen LogP contribution >= 0.6 is 22.9 Å². The number of fused-ring (bicyclic) bond motifs is 1. The molecule has 0 spiro atoms. The Morgan fingerprint density at radius 2 is 1.94 bits per heavy atom. The molecule has 0 aliphatic heterocycles. The Bertz CT molecular complexity index is 605. The summed E-state index contributed by atoms with van der Waals surface area (Å²) in [5.74, 6) is 0. The number of halogens is 1. The molecule has 0 amide bonds. The van der Waals surface area contributed by atoms with Crippen molar-refractivity contribution in [2.45, 2.75) is 6.92 Å². The fourth-order valence-corrected chi connectivity index (χ4v) is 2.64. The van der Waals surface area contributed by atoms with Gasteiger partial charge in [0.05, 0.1) is 5.69 Å². The second-order valence-electron chi connectivity index (χ2n) is 3.72. The van der Waals surface area contributed by atoms with E-state index in [4.69, 9.17) is 11.6 Å². The van der Waals surface area contributed by atoms with Gasteiger partial charge in [-0.05, 0) is 6.92 Å². The minimum absolute atomic E-state index is 0.762. The van der Waals surface area contributed by atoms with Crippen LogP contribution in [0.25, 0.3) is 16.2 Å². The van der Waals surface area contributed by atoms with Crippen molar-refractivity contribution in [3.05, 3.63) is 46.6 Å². The van der Waals surface area contributed by atoms with Gasteiger partial charge in [-0.1, -0.05) is 52.8 Å². The number of hydrogen-bond acceptors (Lipinski definition) is 2. The molecule has 16 heavy (non-hydrogen) atoms. The molecule has 1 aromatic carbocycles. The van der Waals surface area contributed by atoms with Crippen LogP contribution in [-0.4, -0.2) is 9.38 Å². The molecule has 0 fully saturated rings. The van der Waals surface area contributed by atoms with Gasteiger partial charge in [0.2, 0.25) is 0 Å². The van der Waals surface area contributed by atoms with Crippen molar-refractivity contribution in [2.24, 2.45) is 0 Å². The number of aromatic nitrogens is 2. The molecule has 0 atom stereocenters. The van der Waals surface area contributed by atoms with Gasteiger partial charge in [0.1, 0.15) is 4.34 Å². The van der Waals surface area contributed by atoms with Gasteiger partial charge in [-0.2, -0.15) is 0 Å². The lowest BCUT2D eigenvalue weighted by Gasteiger charge is -1.96. The molecule has 0 radical (unpaired) electrons. The number of rotatable bonds is 1. The van der Waals surface area contributed by atoms with Crippen molar-refractivity contribution in [3.8, 4) is 11.3 Å². The van der Waals surface area contributed by atoms with Crippen molar-refractivity contribution in [1.82, 2.24) is 9.38 Å². The summed E-state index contributed by atoms with van der Waals surface area (Å²) < 4.78 is 2.72. The van der Waals surface area contributed by atoms with Crippen LogP contribution in [0.4, 0.5) is 0 Å². The quantitative estimate of drug-likeness (QED) is 0.636. The van der Waals surface area contributed by atoms with Gasteiger partial charge >= 0.3 is 0 Å². The van der Waals surface area contributed by atoms with Crippen molar-refractivity contribution in [2.75, 3.05) is 0 Å². The molecule has 3 rings (SSSR count). The maximum Gasteiger partial charge on any atom is 0.195 e. The van der Waals surface area contributed by atoms with E-state index in [1.54, 1.807) is 0 Å². The summed E-state index contributed by atoms with van der Waals surface area (Å²) in [6, 6.07) is 8.36. The third kappa shape index (κ3) is 1.62. The van der Waals surface area contributed by atoms with Crippen LogP contribution in [0.5, 0.6) is 0 Å². The summed E-state index contributed by atoms with van der Waals surface area (Å²) in [4.78, 5) is 5.46. The van der Waals surface area contributed by atoms with Gasteiger partial charge in [0.15, 0.2) is 4.96 Å². The fraction of sp³-hybridized carbons (Fsp3) is 0.0833. The van der Waals surface area contributed by atoms with E-state index < -0.39 is 0 Å². The van der Waals surface area contributed by atoms with Crippen molar-refractivity contribution >= 4 is 27.9 Å². The molecule has 2 nitrogen and oxygen atoms in total. The minimum Gasteiger partial charge on any atom is -0.296 e. The summed E-state index contributed by atoms with van der Waals surface area (Å²) in [5.41, 5.74) is 3.38. The first-order valence-electron chi connectivity index (χ1n) is 4.93. The summed E-state index contributed by atoms with van der Waals surface area (Å²) in [5, 5.41) is 0. The van der Waals surface area contributed by atoms with Crippen molar-refractivity contribution in [1.29, 1.82) is 0 Å². The van der Waals surface area contributed by atoms with E-state index in [0.717, 1.165) is 20.6 Å². The molecule has 0 aliphatic carbocycles. The lowest BCUT2D eigenvalue weighted by Crippen LogP contribution is -1.77. The van der Waals surface area contributed by atoms with Crippen LogP contribution < -0.4 is 0 Å². The zero-order valence-electron chi connectivity index (χ0n) is 8.64. The maximum atomic E-state index is 5.90. The molecule has 0 N–H and O–H groups in total. The number of aryl methyl sites for hydroxylation is 1. The first kappa shape index (κ1) is 9.87. The van der Waals surface area contributed by atoms with Crippen LogP contribution in [0.15, 0.2) is 36.7 Å². The minimum atomic E-state index is 0.762. The van der Waals surface area contributed by atoms with E-state index in [0.29, 0.717) is 0 Å². The predicted octanol–water partition coefficient (Wildman–Crippen LogP) is 4.02. The topological polar surface area (TPSA) is 17.3 Å². The molecule has 3 aromatic rings. The highest BCUT2D eigenvalue weighted by molar-refractivity contribution is 7.20. The van der Waals surface area contributed by atoms with Gasteiger partial charge < -0.3 is 0 Å². The lowest BCUT2D eigenvalue weighted by molar-refractivity contribution is 1.23. The molecule has 4 heteroatoms. The molecule has 0 bridgehead atoms. The third-order valence-electron chi connectivity index (χ3n) is 2.48. The number of nitrogens with zero attached hydrogens (tertiary/aromatic N) is 2. The van der Waals surface area contributed by atoms with Gasteiger partial charge in [-0.3, -0.25) is 4.40 Å². The SMILES string of the molecule is Cc1ccc(-c2cn3cc(Cl)sc3n2)cc1. The second-order valence-corrected chi connectivity index (χ2v) is 5.36. The number of thiazole rings is 1. The fourth-order valence-electron chi connectivity index (χ4n) is 1.63. The first-order valence-corrected chi connectivity index (χ1v) is 6.13. The summed E-state index contributed by atoms with van der Waals surface area (Å²) in [6.07, 6.45) is 3.88. The molecule has 2 heterocycles. The largest absolute Gasteiger partial charge is 0.296 e. The van der Waals surface area contributed by atoms with Gasteiger partial charge in [0, 0.05) is 18.0 Å². The summed E-state index contributed by atoms with van der Waals surface area (Å²) >= 11 is 7.39. The van der Waals surface area contributed by atoms with E-state index in [9.17, 15) is 0 Å². The molecule has 80 valence electrons. The Balaban J connectivity index is 2.11. The lowest BCUT2D eigenvalue weighted by atomic mass is 10.1. The Morgan fingerprint density at radius 3 is 2.62 bits per heavy atom. The normalized spacial score (nSPS) is 11.1. The Kier molecular flexibility index (Phi) is 2.23. The average Bonchev–Trinajstić information content (AvgIpc) is 2.75. The standard InChI is InChI=1S/C12H9ClN2S/c1-8-2-4-9(5-3-8)10-6-15-7-11(13)16-12(15)14-10/h2-7H,1H3. The molecule has 0 saturated heterocycles. The zero-order chi connectivity index (χ0) is 11.1. The van der Waals surface area contributed by atoms with E-state index >= 15 is 0 Å². The van der Waals surface area contributed by atoms with Gasteiger partial charge in [-0.25, -0.2) is 4.98 Å². The van der Waals surface area contributed by atoms with E-state index in [2.05, 4.69) is 36.2 Å². The van der Waals surface area contributed by atoms with Crippen LogP contribution in [0.3, 0.4) is 0 Å². The maximum absolute atomic E-state index is 5.90. The molecule has 0 saturated carbocycles. The molecule has 2 aromatic heterocycles. The molecular formula is C12H9ClN2S. The second kappa shape index (κ2) is 3.61. The smallest absolute Gasteiger partial charge is 0.195 e. The van der Waals surface area contributed by atoms with E-state index in [1.807, 2.05) is 16.8 Å². The highest BCUT2D eigenvalue weighted by atomic mass is 35.5. The van der Waals surface area contributed by atoms with Crippen LogP contribution in [0.2, 0.25) is 4.34 Å². The number of hydrogen-bond donors (Lipinski definition) is 0. The van der Waals surface area contributed by atoms with Gasteiger partial charge in [0.25, 0.3) is 0 Å². The molecule has 0 unspecified atom stereocenters. The van der Waals surface area contributed by atoms with Crippen molar-refractivity contribution < 1.29 is 0 Å². The Hall–Kier alpha value is -1.32.